The summed E-state index contributed by atoms with van der Waals surface area (Å²) in [5.74, 6) is -1.61. The Hall–Kier alpha value is -3.98. The van der Waals surface area contributed by atoms with Gasteiger partial charge in [0.1, 0.15) is 4.90 Å². The van der Waals surface area contributed by atoms with Crippen molar-refractivity contribution in [1.29, 1.82) is 0 Å². The van der Waals surface area contributed by atoms with Gasteiger partial charge >= 0.3 is 5.97 Å². The van der Waals surface area contributed by atoms with Gasteiger partial charge in [0.05, 0.1) is 30.5 Å². The van der Waals surface area contributed by atoms with Crippen molar-refractivity contribution < 1.29 is 27.5 Å². The maximum atomic E-state index is 12.7. The van der Waals surface area contributed by atoms with Crippen LogP contribution in [0.4, 0.5) is 5.69 Å². The van der Waals surface area contributed by atoms with E-state index in [0.717, 1.165) is 4.31 Å². The molecular formula is C23H18N2O6S. The zero-order valence-corrected chi connectivity index (χ0v) is 17.8. The molecule has 2 amide bonds. The van der Waals surface area contributed by atoms with Gasteiger partial charge in [0, 0.05) is 5.56 Å². The Balaban J connectivity index is 1.51. The SMILES string of the molecule is COC(=O)c1ccccc1NC(=O)c1ccc(CN2C(=O)c3ccccc3S2(=O)=O)cc1. The molecule has 0 saturated carbocycles. The van der Waals surface area contributed by atoms with Crippen LogP contribution in [0.15, 0.2) is 77.7 Å². The Bertz CT molecular complexity index is 1330. The molecule has 4 rings (SSSR count). The third kappa shape index (κ3) is 3.74. The summed E-state index contributed by atoms with van der Waals surface area (Å²) >= 11 is 0. The average molecular weight is 450 g/mol. The van der Waals surface area contributed by atoms with E-state index in [4.69, 9.17) is 4.74 Å². The number of nitrogens with zero attached hydrogens (tertiary/aromatic N) is 1. The van der Waals surface area contributed by atoms with Crippen molar-refractivity contribution in [2.24, 2.45) is 0 Å². The Morgan fingerprint density at radius 1 is 0.938 bits per heavy atom. The molecule has 0 spiro atoms. The van der Waals surface area contributed by atoms with Crippen LogP contribution >= 0.6 is 0 Å². The second-order valence-corrected chi connectivity index (χ2v) is 8.83. The molecule has 9 heteroatoms. The van der Waals surface area contributed by atoms with Gasteiger partial charge in [-0.05, 0) is 42.0 Å². The van der Waals surface area contributed by atoms with Gasteiger partial charge in [0.25, 0.3) is 21.8 Å². The van der Waals surface area contributed by atoms with Crippen LogP contribution in [0.1, 0.15) is 36.6 Å². The minimum absolute atomic E-state index is 0.00901. The van der Waals surface area contributed by atoms with Crippen LogP contribution in [0.2, 0.25) is 0 Å². The highest BCUT2D eigenvalue weighted by Crippen LogP contribution is 2.31. The van der Waals surface area contributed by atoms with Crippen LogP contribution < -0.4 is 5.32 Å². The number of benzene rings is 3. The number of ether oxygens (including phenoxy) is 1. The number of anilines is 1. The third-order valence-electron chi connectivity index (χ3n) is 5.03. The zero-order valence-electron chi connectivity index (χ0n) is 16.9. The molecule has 3 aromatic carbocycles. The minimum atomic E-state index is -3.92. The first-order valence-corrected chi connectivity index (χ1v) is 11.0. The van der Waals surface area contributed by atoms with Crippen LogP contribution in [0, 0.1) is 0 Å². The Labute approximate surface area is 184 Å². The number of para-hydroxylation sites is 1. The van der Waals surface area contributed by atoms with E-state index >= 15 is 0 Å². The molecule has 1 N–H and O–H groups in total. The normalized spacial score (nSPS) is 14.0. The Morgan fingerprint density at radius 2 is 1.59 bits per heavy atom. The second-order valence-electron chi connectivity index (χ2n) is 7.00. The van der Waals surface area contributed by atoms with Gasteiger partial charge in [-0.25, -0.2) is 17.5 Å². The molecule has 0 saturated heterocycles. The van der Waals surface area contributed by atoms with Crippen molar-refractivity contribution in [1.82, 2.24) is 4.31 Å². The molecule has 0 unspecified atom stereocenters. The molecule has 0 fully saturated rings. The fourth-order valence-corrected chi connectivity index (χ4v) is 4.95. The maximum absolute atomic E-state index is 12.7. The number of esters is 1. The van der Waals surface area contributed by atoms with E-state index in [1.807, 2.05) is 0 Å². The fraction of sp³-hybridized carbons (Fsp3) is 0.0870. The summed E-state index contributed by atoms with van der Waals surface area (Å²) in [6.45, 7) is -0.150. The fourth-order valence-electron chi connectivity index (χ4n) is 3.39. The van der Waals surface area contributed by atoms with Crippen molar-refractivity contribution in [3.63, 3.8) is 0 Å². The molecule has 0 aromatic heterocycles. The van der Waals surface area contributed by atoms with Crippen LogP contribution in [0.5, 0.6) is 0 Å². The highest BCUT2D eigenvalue weighted by molar-refractivity contribution is 7.90. The Kier molecular flexibility index (Phi) is 5.50. The van der Waals surface area contributed by atoms with Crippen LogP contribution in [-0.4, -0.2) is 37.6 Å². The van der Waals surface area contributed by atoms with Gasteiger partial charge in [0.15, 0.2) is 0 Å². The minimum Gasteiger partial charge on any atom is -0.465 e. The number of methoxy groups -OCH3 is 1. The molecule has 1 heterocycles. The lowest BCUT2D eigenvalue weighted by atomic mass is 10.1. The lowest BCUT2D eigenvalue weighted by Gasteiger charge is -2.15. The lowest BCUT2D eigenvalue weighted by Crippen LogP contribution is -2.29. The second kappa shape index (κ2) is 8.27. The molecule has 162 valence electrons. The van der Waals surface area contributed by atoms with Gasteiger partial charge in [0.2, 0.25) is 0 Å². The first kappa shape index (κ1) is 21.3. The van der Waals surface area contributed by atoms with E-state index in [2.05, 4.69) is 5.32 Å². The monoisotopic (exact) mass is 450 g/mol. The first-order valence-electron chi connectivity index (χ1n) is 9.56. The molecule has 0 radical (unpaired) electrons. The first-order chi connectivity index (χ1) is 15.3. The number of hydrogen-bond acceptors (Lipinski definition) is 6. The number of hydrogen-bond donors (Lipinski definition) is 1. The van der Waals surface area contributed by atoms with Crippen LogP contribution in [0.3, 0.4) is 0 Å². The quantitative estimate of drug-likeness (QED) is 0.599. The van der Waals surface area contributed by atoms with E-state index < -0.39 is 27.8 Å². The van der Waals surface area contributed by atoms with Crippen LogP contribution in [-0.2, 0) is 21.3 Å². The van der Waals surface area contributed by atoms with Crippen molar-refractivity contribution in [2.45, 2.75) is 11.4 Å². The Morgan fingerprint density at radius 3 is 2.28 bits per heavy atom. The van der Waals surface area contributed by atoms with Gasteiger partial charge in [-0.1, -0.05) is 36.4 Å². The highest BCUT2D eigenvalue weighted by atomic mass is 32.2. The van der Waals surface area contributed by atoms with E-state index in [0.29, 0.717) is 16.8 Å². The predicted octanol–water partition coefficient (Wildman–Crippen LogP) is 3.07. The van der Waals surface area contributed by atoms with E-state index in [9.17, 15) is 22.8 Å². The molecule has 32 heavy (non-hydrogen) atoms. The molecule has 3 aromatic rings. The number of nitrogens with one attached hydrogen (secondary N) is 1. The predicted molar refractivity (Wildman–Crippen MR) is 116 cm³/mol. The molecule has 1 aliphatic rings. The smallest absolute Gasteiger partial charge is 0.339 e. The maximum Gasteiger partial charge on any atom is 0.339 e. The van der Waals surface area contributed by atoms with Crippen molar-refractivity contribution in [3.05, 3.63) is 95.1 Å². The van der Waals surface area contributed by atoms with Gasteiger partial charge < -0.3 is 10.1 Å². The summed E-state index contributed by atoms with van der Waals surface area (Å²) in [7, 11) is -2.66. The van der Waals surface area contributed by atoms with Gasteiger partial charge in [-0.3, -0.25) is 9.59 Å². The molecule has 0 atom stereocenters. The van der Waals surface area contributed by atoms with Crippen LogP contribution in [0.25, 0.3) is 0 Å². The lowest BCUT2D eigenvalue weighted by molar-refractivity contribution is 0.0601. The van der Waals surface area contributed by atoms with E-state index in [-0.39, 0.29) is 22.6 Å². The van der Waals surface area contributed by atoms with Crippen molar-refractivity contribution >= 4 is 33.5 Å². The summed E-state index contributed by atoms with van der Waals surface area (Å²) in [5, 5.41) is 2.67. The molecule has 0 bridgehead atoms. The number of carbonyl (C=O) groups excluding carboxylic acids is 3. The number of amides is 2. The van der Waals surface area contributed by atoms with Crippen molar-refractivity contribution in [3.8, 4) is 0 Å². The summed E-state index contributed by atoms with van der Waals surface area (Å²) in [6.07, 6.45) is 0. The summed E-state index contributed by atoms with van der Waals surface area (Å²) in [5.41, 5.74) is 1.51. The summed E-state index contributed by atoms with van der Waals surface area (Å²) in [6, 6.07) is 18.7. The topological polar surface area (TPSA) is 110 Å². The zero-order chi connectivity index (χ0) is 22.9. The summed E-state index contributed by atoms with van der Waals surface area (Å²) in [4.78, 5) is 37.0. The number of fused-ring (bicyclic) bond motifs is 1. The van der Waals surface area contributed by atoms with E-state index in [1.54, 1.807) is 42.5 Å². The van der Waals surface area contributed by atoms with Crippen molar-refractivity contribution in [2.75, 3.05) is 12.4 Å². The number of sulfonamides is 1. The third-order valence-corrected chi connectivity index (χ3v) is 6.82. The number of rotatable bonds is 5. The largest absolute Gasteiger partial charge is 0.465 e. The highest BCUT2D eigenvalue weighted by Gasteiger charge is 2.40. The molecule has 1 aliphatic heterocycles. The molecular weight excluding hydrogens is 432 g/mol. The van der Waals surface area contributed by atoms with Gasteiger partial charge in [-0.15, -0.1) is 0 Å². The average Bonchev–Trinajstić information content (AvgIpc) is 3.00. The van der Waals surface area contributed by atoms with E-state index in [1.165, 1.54) is 37.4 Å². The number of carbonyl (C=O) groups is 3. The summed E-state index contributed by atoms with van der Waals surface area (Å²) < 4.78 is 30.9. The standard InChI is InChI=1S/C23H18N2O6S/c1-31-23(28)17-6-2-4-8-19(17)24-21(26)16-12-10-15(11-13-16)14-25-22(27)18-7-3-5-9-20(18)32(25,29)30/h2-13H,14H2,1H3,(H,24,26). The molecule has 0 aliphatic carbocycles. The van der Waals surface area contributed by atoms with Gasteiger partial charge in [-0.2, -0.15) is 0 Å². The molecule has 8 nitrogen and oxygen atoms in total.